The Labute approximate surface area is 122 Å². The average molecular weight is 297 g/mol. The summed E-state index contributed by atoms with van der Waals surface area (Å²) < 4.78 is 2.16. The quantitative estimate of drug-likeness (QED) is 0.625. The lowest BCUT2D eigenvalue weighted by Gasteiger charge is -2.08. The number of Topliss-reactive ketones (excluding diaryl/α,β-unsaturated/α-hetero) is 1. The minimum atomic E-state index is -0.00823. The molecule has 2 heterocycles. The second-order valence-electron chi connectivity index (χ2n) is 4.63. The largest absolute Gasteiger partial charge is 0.348 e. The summed E-state index contributed by atoms with van der Waals surface area (Å²) in [6.45, 7) is 6.84. The number of halogens is 1. The summed E-state index contributed by atoms with van der Waals surface area (Å²) in [6, 6.07) is 1.92. The first-order valence-corrected chi connectivity index (χ1v) is 7.61. The molecule has 0 N–H and O–H groups in total. The maximum atomic E-state index is 11.7. The van der Waals surface area contributed by atoms with Gasteiger partial charge in [0, 0.05) is 41.0 Å². The molecule has 0 unspecified atom stereocenters. The summed E-state index contributed by atoms with van der Waals surface area (Å²) in [5.74, 6) is 0.0294. The third kappa shape index (κ3) is 3.07. The van der Waals surface area contributed by atoms with Crippen LogP contribution in [-0.4, -0.2) is 21.2 Å². The van der Waals surface area contributed by atoms with Gasteiger partial charge in [-0.2, -0.15) is 0 Å². The fourth-order valence-electron chi connectivity index (χ4n) is 2.22. The van der Waals surface area contributed by atoms with Gasteiger partial charge in [-0.3, -0.25) is 4.79 Å². The van der Waals surface area contributed by atoms with Gasteiger partial charge in [-0.25, -0.2) is 4.98 Å². The van der Waals surface area contributed by atoms with E-state index in [-0.39, 0.29) is 11.7 Å². The van der Waals surface area contributed by atoms with Crippen molar-refractivity contribution in [3.05, 3.63) is 39.1 Å². The van der Waals surface area contributed by atoms with Crippen LogP contribution in [0.15, 0.2) is 11.4 Å². The number of carbonyl (C=O) groups excluding carboxylic acids is 1. The molecule has 0 aliphatic rings. The van der Waals surface area contributed by atoms with Crippen molar-refractivity contribution < 1.29 is 4.79 Å². The van der Waals surface area contributed by atoms with E-state index in [1.54, 1.807) is 11.3 Å². The van der Waals surface area contributed by atoms with E-state index in [4.69, 9.17) is 11.6 Å². The maximum Gasteiger partial charge on any atom is 0.179 e. The number of hydrogen-bond donors (Lipinski definition) is 0. The van der Waals surface area contributed by atoms with Crippen LogP contribution in [0.25, 0.3) is 0 Å². The lowest BCUT2D eigenvalue weighted by Crippen LogP contribution is -2.07. The lowest BCUT2D eigenvalue weighted by atomic mass is 10.2. The van der Waals surface area contributed by atoms with Crippen LogP contribution in [0.1, 0.15) is 32.4 Å². The minimum absolute atomic E-state index is 0.00823. The number of alkyl halides is 1. The molecule has 2 aromatic heterocycles. The van der Waals surface area contributed by atoms with Gasteiger partial charge < -0.3 is 4.57 Å². The van der Waals surface area contributed by atoms with Crippen LogP contribution in [0.2, 0.25) is 0 Å². The zero-order valence-corrected chi connectivity index (χ0v) is 12.9. The first kappa shape index (κ1) is 14.3. The van der Waals surface area contributed by atoms with Gasteiger partial charge in [0.25, 0.3) is 0 Å². The van der Waals surface area contributed by atoms with Gasteiger partial charge in [-0.05, 0) is 26.8 Å². The zero-order chi connectivity index (χ0) is 14.0. The van der Waals surface area contributed by atoms with Crippen molar-refractivity contribution in [1.29, 1.82) is 0 Å². The van der Waals surface area contributed by atoms with Crippen molar-refractivity contribution in [3.8, 4) is 0 Å². The molecular formula is C14H17ClN2OS. The molecule has 0 bridgehead atoms. The number of hydrogen-bond acceptors (Lipinski definition) is 3. The molecule has 2 aromatic rings. The Balaban J connectivity index is 2.16. The first-order valence-electron chi connectivity index (χ1n) is 6.19. The summed E-state index contributed by atoms with van der Waals surface area (Å²) in [5.41, 5.74) is 3.90. The highest BCUT2D eigenvalue weighted by molar-refractivity contribution is 7.09. The lowest BCUT2D eigenvalue weighted by molar-refractivity contribution is 0.102. The number of rotatable bonds is 5. The average Bonchev–Trinajstić information content (AvgIpc) is 2.91. The molecule has 0 amide bonds. The van der Waals surface area contributed by atoms with Crippen molar-refractivity contribution >= 4 is 28.7 Å². The molecule has 0 spiro atoms. The van der Waals surface area contributed by atoms with Crippen LogP contribution < -0.4 is 0 Å². The molecule has 0 atom stereocenters. The van der Waals surface area contributed by atoms with Gasteiger partial charge in [0.15, 0.2) is 5.78 Å². The van der Waals surface area contributed by atoms with Crippen molar-refractivity contribution in [2.45, 2.75) is 33.7 Å². The van der Waals surface area contributed by atoms with Crippen LogP contribution in [-0.2, 0) is 13.0 Å². The molecule has 0 aromatic carbocycles. The molecule has 0 fully saturated rings. The number of carbonyl (C=O) groups is 1. The molecule has 19 heavy (non-hydrogen) atoms. The van der Waals surface area contributed by atoms with E-state index in [1.807, 2.05) is 26.8 Å². The number of aryl methyl sites for hydroxylation is 3. The highest BCUT2D eigenvalue weighted by Crippen LogP contribution is 2.18. The van der Waals surface area contributed by atoms with Gasteiger partial charge in [0.2, 0.25) is 0 Å². The highest BCUT2D eigenvalue weighted by atomic mass is 35.5. The standard InChI is InChI=1S/C14H17ClN2OS/c1-9-8-19-14(16-9)4-5-17-10(2)6-12(11(17)3)13(18)7-15/h6,8H,4-5,7H2,1-3H3. The Kier molecular flexibility index (Phi) is 4.42. The van der Waals surface area contributed by atoms with Crippen LogP contribution in [0.3, 0.4) is 0 Å². The molecular weight excluding hydrogens is 280 g/mol. The second kappa shape index (κ2) is 5.88. The predicted molar refractivity (Wildman–Crippen MR) is 79.5 cm³/mol. The smallest absolute Gasteiger partial charge is 0.179 e. The molecule has 5 heteroatoms. The third-order valence-electron chi connectivity index (χ3n) is 3.21. The first-order chi connectivity index (χ1) is 9.02. The number of aromatic nitrogens is 2. The SMILES string of the molecule is Cc1csc(CCn2c(C)cc(C(=O)CCl)c2C)n1. The van der Waals surface area contributed by atoms with E-state index < -0.39 is 0 Å². The van der Waals surface area contributed by atoms with Gasteiger partial charge in [0.1, 0.15) is 0 Å². The number of thiazole rings is 1. The molecule has 3 nitrogen and oxygen atoms in total. The van der Waals surface area contributed by atoms with Crippen LogP contribution >= 0.6 is 22.9 Å². The Morgan fingerprint density at radius 2 is 2.16 bits per heavy atom. The summed E-state index contributed by atoms with van der Waals surface area (Å²) in [6.07, 6.45) is 0.892. The third-order valence-corrected chi connectivity index (χ3v) is 4.48. The van der Waals surface area contributed by atoms with E-state index in [0.29, 0.717) is 0 Å². The van der Waals surface area contributed by atoms with Crippen molar-refractivity contribution in [3.63, 3.8) is 0 Å². The summed E-state index contributed by atoms with van der Waals surface area (Å²) in [5, 5.41) is 3.20. The molecule has 0 radical (unpaired) electrons. The van der Waals surface area contributed by atoms with Crippen LogP contribution in [0, 0.1) is 20.8 Å². The van der Waals surface area contributed by atoms with Gasteiger partial charge in [-0.1, -0.05) is 0 Å². The normalized spacial score (nSPS) is 10.9. The van der Waals surface area contributed by atoms with E-state index in [2.05, 4.69) is 14.9 Å². The molecule has 0 saturated carbocycles. The maximum absolute atomic E-state index is 11.7. The Morgan fingerprint density at radius 1 is 1.42 bits per heavy atom. The van der Waals surface area contributed by atoms with E-state index in [0.717, 1.165) is 40.6 Å². The highest BCUT2D eigenvalue weighted by Gasteiger charge is 2.14. The zero-order valence-electron chi connectivity index (χ0n) is 11.4. The Morgan fingerprint density at radius 3 is 2.74 bits per heavy atom. The molecule has 0 aliphatic carbocycles. The van der Waals surface area contributed by atoms with Crippen molar-refractivity contribution in [2.24, 2.45) is 0 Å². The topological polar surface area (TPSA) is 34.9 Å². The van der Waals surface area contributed by atoms with Crippen molar-refractivity contribution in [2.75, 3.05) is 5.88 Å². The predicted octanol–water partition coefficient (Wildman–Crippen LogP) is 3.53. The molecule has 2 rings (SSSR count). The van der Waals surface area contributed by atoms with Gasteiger partial charge in [0.05, 0.1) is 10.9 Å². The summed E-state index contributed by atoms with van der Waals surface area (Å²) >= 11 is 7.31. The fraction of sp³-hybridized carbons (Fsp3) is 0.429. The second-order valence-corrected chi connectivity index (χ2v) is 5.84. The molecule has 0 aliphatic heterocycles. The fourth-order valence-corrected chi connectivity index (χ4v) is 3.13. The van der Waals surface area contributed by atoms with E-state index in [1.165, 1.54) is 0 Å². The van der Waals surface area contributed by atoms with Gasteiger partial charge in [-0.15, -0.1) is 22.9 Å². The van der Waals surface area contributed by atoms with Gasteiger partial charge >= 0.3 is 0 Å². The molecule has 0 saturated heterocycles. The van der Waals surface area contributed by atoms with Crippen LogP contribution in [0.4, 0.5) is 0 Å². The van der Waals surface area contributed by atoms with E-state index >= 15 is 0 Å². The van der Waals surface area contributed by atoms with E-state index in [9.17, 15) is 4.79 Å². The summed E-state index contributed by atoms with van der Waals surface area (Å²) in [4.78, 5) is 16.2. The minimum Gasteiger partial charge on any atom is -0.348 e. The summed E-state index contributed by atoms with van der Waals surface area (Å²) in [7, 11) is 0. The van der Waals surface area contributed by atoms with Crippen molar-refractivity contribution in [1.82, 2.24) is 9.55 Å². The van der Waals surface area contributed by atoms with Crippen LogP contribution in [0.5, 0.6) is 0 Å². The number of ketones is 1. The molecule has 102 valence electrons. The Hall–Kier alpha value is -1.13. The Bertz CT molecular complexity index is 601. The number of nitrogens with zero attached hydrogens (tertiary/aromatic N) is 2. The monoisotopic (exact) mass is 296 g/mol.